The summed E-state index contributed by atoms with van der Waals surface area (Å²) in [7, 11) is 0. The average Bonchev–Trinajstić information content (AvgIpc) is 3.14. The first-order valence-corrected chi connectivity index (χ1v) is 22.2. The molecule has 4 heteroatoms. The molecule has 0 amide bonds. The molecule has 4 nitrogen and oxygen atoms in total. The summed E-state index contributed by atoms with van der Waals surface area (Å²) < 4.78 is 11.2. The van der Waals surface area contributed by atoms with Crippen molar-refractivity contribution in [3.63, 3.8) is 0 Å². The molecule has 0 heterocycles. The summed E-state index contributed by atoms with van der Waals surface area (Å²) in [4.78, 5) is 12.2. The van der Waals surface area contributed by atoms with Crippen molar-refractivity contribution < 1.29 is 19.4 Å². The van der Waals surface area contributed by atoms with E-state index >= 15 is 0 Å². The summed E-state index contributed by atoms with van der Waals surface area (Å²) in [5.41, 5.74) is 0. The van der Waals surface area contributed by atoms with Gasteiger partial charge in [0.15, 0.2) is 0 Å². The van der Waals surface area contributed by atoms with E-state index in [9.17, 15) is 9.90 Å². The molecule has 1 N–H and O–H groups in total. The van der Waals surface area contributed by atoms with Crippen LogP contribution in [0.5, 0.6) is 0 Å². The maximum Gasteiger partial charge on any atom is 0.306 e. The fourth-order valence-corrected chi connectivity index (χ4v) is 6.34. The first-order valence-electron chi connectivity index (χ1n) is 22.2. The fourth-order valence-electron chi connectivity index (χ4n) is 6.34. The predicted molar refractivity (Wildman–Crippen MR) is 223 cm³/mol. The number of aliphatic hydroxyl groups excluding tert-OH is 1. The Morgan fingerprint density at radius 3 is 1.35 bits per heavy atom. The highest BCUT2D eigenvalue weighted by atomic mass is 16.6. The summed E-state index contributed by atoms with van der Waals surface area (Å²) >= 11 is 0. The molecule has 0 bridgehead atoms. The number of aliphatic hydroxyl groups is 1. The molecule has 1 unspecified atom stereocenters. The van der Waals surface area contributed by atoms with Gasteiger partial charge in [0.1, 0.15) is 6.10 Å². The summed E-state index contributed by atoms with van der Waals surface area (Å²) in [5, 5.41) is 9.61. The van der Waals surface area contributed by atoms with Gasteiger partial charge in [0.25, 0.3) is 0 Å². The Labute approximate surface area is 318 Å². The highest BCUT2D eigenvalue weighted by molar-refractivity contribution is 5.69. The number of carbonyl (C=O) groups excluding carboxylic acids is 1. The lowest BCUT2D eigenvalue weighted by atomic mass is 10.1. The van der Waals surface area contributed by atoms with Crippen LogP contribution < -0.4 is 0 Å². The molecule has 0 saturated carbocycles. The number of carbonyl (C=O) groups is 1. The SMILES string of the molecule is CC/C=C\C/C=C\C/C=C\CCCCCCCCCCOCC(CO)OC(=O)CCCCCCCCCCC/C=C\CCCCCCCCCC. The Hall–Kier alpha value is -1.65. The summed E-state index contributed by atoms with van der Waals surface area (Å²) in [6.07, 6.45) is 57.5. The fraction of sp³-hybridized carbons (Fsp3) is 0.809. The molecule has 0 aromatic heterocycles. The van der Waals surface area contributed by atoms with E-state index in [-0.39, 0.29) is 12.6 Å². The number of hydrogen-bond acceptors (Lipinski definition) is 4. The van der Waals surface area contributed by atoms with Crippen LogP contribution in [0.25, 0.3) is 0 Å². The minimum absolute atomic E-state index is 0.175. The molecular formula is C47H86O4. The molecule has 0 rings (SSSR count). The van der Waals surface area contributed by atoms with Gasteiger partial charge < -0.3 is 14.6 Å². The highest BCUT2D eigenvalue weighted by Crippen LogP contribution is 2.14. The topological polar surface area (TPSA) is 55.8 Å². The van der Waals surface area contributed by atoms with Crippen molar-refractivity contribution in [2.24, 2.45) is 0 Å². The highest BCUT2D eigenvalue weighted by Gasteiger charge is 2.13. The molecule has 0 spiro atoms. The predicted octanol–water partition coefficient (Wildman–Crippen LogP) is 14.7. The molecule has 0 saturated heterocycles. The summed E-state index contributed by atoms with van der Waals surface area (Å²) in [5.74, 6) is -0.205. The Kier molecular flexibility index (Phi) is 43.1. The maximum atomic E-state index is 12.2. The van der Waals surface area contributed by atoms with Gasteiger partial charge in [-0.3, -0.25) is 4.79 Å². The zero-order valence-electron chi connectivity index (χ0n) is 34.1. The Morgan fingerprint density at radius 1 is 0.490 bits per heavy atom. The molecule has 0 aliphatic heterocycles. The lowest BCUT2D eigenvalue weighted by molar-refractivity contribution is -0.154. The van der Waals surface area contributed by atoms with Crippen molar-refractivity contribution in [3.05, 3.63) is 48.6 Å². The maximum absolute atomic E-state index is 12.2. The van der Waals surface area contributed by atoms with Gasteiger partial charge in [-0.25, -0.2) is 0 Å². The van der Waals surface area contributed by atoms with E-state index in [4.69, 9.17) is 9.47 Å². The number of hydrogen-bond donors (Lipinski definition) is 1. The van der Waals surface area contributed by atoms with Crippen LogP contribution >= 0.6 is 0 Å². The van der Waals surface area contributed by atoms with E-state index in [0.717, 1.165) is 38.5 Å². The molecule has 0 radical (unpaired) electrons. The van der Waals surface area contributed by atoms with Gasteiger partial charge in [-0.2, -0.15) is 0 Å². The molecule has 0 aromatic carbocycles. The molecular weight excluding hydrogens is 629 g/mol. The van der Waals surface area contributed by atoms with Crippen LogP contribution in [0.15, 0.2) is 48.6 Å². The van der Waals surface area contributed by atoms with E-state index in [1.807, 2.05) is 0 Å². The second-order valence-electron chi connectivity index (χ2n) is 14.7. The van der Waals surface area contributed by atoms with Crippen LogP contribution in [0, 0.1) is 0 Å². The van der Waals surface area contributed by atoms with Gasteiger partial charge in [-0.15, -0.1) is 0 Å². The zero-order valence-corrected chi connectivity index (χ0v) is 34.1. The van der Waals surface area contributed by atoms with Crippen molar-refractivity contribution in [2.45, 2.75) is 225 Å². The number of allylic oxidation sites excluding steroid dienone is 8. The number of ether oxygens (including phenoxy) is 2. The van der Waals surface area contributed by atoms with E-state index in [0.29, 0.717) is 19.6 Å². The Morgan fingerprint density at radius 2 is 0.882 bits per heavy atom. The van der Waals surface area contributed by atoms with Gasteiger partial charge in [0.05, 0.1) is 13.2 Å². The largest absolute Gasteiger partial charge is 0.457 e. The lowest BCUT2D eigenvalue weighted by Gasteiger charge is -2.16. The third-order valence-corrected chi connectivity index (χ3v) is 9.64. The molecule has 1 atom stereocenters. The molecule has 298 valence electrons. The summed E-state index contributed by atoms with van der Waals surface area (Å²) in [6, 6.07) is 0. The van der Waals surface area contributed by atoms with Gasteiger partial charge in [0.2, 0.25) is 0 Å². The third kappa shape index (κ3) is 42.7. The Bertz CT molecular complexity index is 798. The van der Waals surface area contributed by atoms with Crippen LogP contribution in [0.2, 0.25) is 0 Å². The van der Waals surface area contributed by atoms with Crippen molar-refractivity contribution in [1.82, 2.24) is 0 Å². The van der Waals surface area contributed by atoms with Crippen molar-refractivity contribution >= 4 is 5.97 Å². The summed E-state index contributed by atoms with van der Waals surface area (Å²) in [6.45, 7) is 5.24. The Balaban J connectivity index is 3.43. The van der Waals surface area contributed by atoms with Crippen molar-refractivity contribution in [3.8, 4) is 0 Å². The van der Waals surface area contributed by atoms with Crippen LogP contribution in [-0.4, -0.2) is 37.0 Å². The second-order valence-corrected chi connectivity index (χ2v) is 14.7. The average molecular weight is 715 g/mol. The van der Waals surface area contributed by atoms with Crippen LogP contribution in [-0.2, 0) is 14.3 Å². The van der Waals surface area contributed by atoms with Crippen LogP contribution in [0.3, 0.4) is 0 Å². The standard InChI is InChI=1S/C47H86O4/c1-3-5-7-9-11-13-15-17-19-21-23-24-25-26-28-30-32-34-36-38-40-42-47(49)51-46(44-48)45-50-43-41-39-37-35-33-31-29-27-22-20-18-16-14-12-10-8-6-4-2/h6,8,12,14,18,20-21,23,46,48H,3-5,7,9-11,13,15-17,19,22,24-45H2,1-2H3/b8-6-,14-12-,20-18-,23-21-. The van der Waals surface area contributed by atoms with Crippen LogP contribution in [0.4, 0.5) is 0 Å². The molecule has 0 aliphatic rings. The third-order valence-electron chi connectivity index (χ3n) is 9.64. The van der Waals surface area contributed by atoms with E-state index in [1.165, 1.54) is 161 Å². The normalized spacial score (nSPS) is 12.8. The number of esters is 1. The zero-order chi connectivity index (χ0) is 37.0. The first-order chi connectivity index (χ1) is 25.2. The van der Waals surface area contributed by atoms with Crippen molar-refractivity contribution in [1.29, 1.82) is 0 Å². The molecule has 51 heavy (non-hydrogen) atoms. The molecule has 0 aromatic rings. The molecule has 0 aliphatic carbocycles. The van der Waals surface area contributed by atoms with Gasteiger partial charge in [-0.1, -0.05) is 191 Å². The first kappa shape index (κ1) is 49.4. The van der Waals surface area contributed by atoms with E-state index in [1.54, 1.807) is 0 Å². The van der Waals surface area contributed by atoms with E-state index < -0.39 is 6.10 Å². The monoisotopic (exact) mass is 715 g/mol. The smallest absolute Gasteiger partial charge is 0.306 e. The molecule has 0 fully saturated rings. The minimum Gasteiger partial charge on any atom is -0.457 e. The van der Waals surface area contributed by atoms with Gasteiger partial charge >= 0.3 is 5.97 Å². The van der Waals surface area contributed by atoms with Crippen molar-refractivity contribution in [2.75, 3.05) is 19.8 Å². The van der Waals surface area contributed by atoms with Gasteiger partial charge in [-0.05, 0) is 70.6 Å². The second kappa shape index (κ2) is 44.5. The van der Waals surface area contributed by atoms with Crippen LogP contribution in [0.1, 0.15) is 219 Å². The lowest BCUT2D eigenvalue weighted by Crippen LogP contribution is -2.27. The number of unbranched alkanes of at least 4 members (excludes halogenated alkanes) is 25. The van der Waals surface area contributed by atoms with E-state index in [2.05, 4.69) is 62.5 Å². The van der Waals surface area contributed by atoms with Gasteiger partial charge in [0, 0.05) is 13.0 Å². The minimum atomic E-state index is -0.540. The number of rotatable bonds is 41. The quantitative estimate of drug-likeness (QED) is 0.0389.